The molecule has 1 aliphatic rings. The van der Waals surface area contributed by atoms with Gasteiger partial charge in [-0.2, -0.15) is 0 Å². The molecule has 1 aromatic rings. The van der Waals surface area contributed by atoms with Crippen LogP contribution in [0.1, 0.15) is 20.3 Å². The molecule has 1 heterocycles. The molecule has 1 aromatic carbocycles. The number of hydrogen-bond donors (Lipinski definition) is 1. The Hall–Kier alpha value is -2.02. The summed E-state index contributed by atoms with van der Waals surface area (Å²) < 4.78 is 5.26. The van der Waals surface area contributed by atoms with Crippen molar-refractivity contribution in [3.8, 4) is 5.75 Å². The van der Waals surface area contributed by atoms with Crippen LogP contribution in [0.2, 0.25) is 0 Å². The number of nitrogens with zero attached hydrogens (tertiary/aromatic N) is 2. The van der Waals surface area contributed by atoms with Crippen LogP contribution >= 0.6 is 11.8 Å². The minimum Gasteiger partial charge on any atom is -0.495 e. The van der Waals surface area contributed by atoms with Crippen LogP contribution in [0.5, 0.6) is 5.75 Å². The third kappa shape index (κ3) is 3.85. The summed E-state index contributed by atoms with van der Waals surface area (Å²) in [4.78, 5) is 30.6. The second-order valence-electron chi connectivity index (χ2n) is 4.86. The van der Waals surface area contributed by atoms with Crippen LogP contribution in [0, 0.1) is 0 Å². The Kier molecular flexibility index (Phi) is 6.04. The van der Waals surface area contributed by atoms with Gasteiger partial charge in [0.1, 0.15) is 11.0 Å². The summed E-state index contributed by atoms with van der Waals surface area (Å²) in [5.41, 5.74) is 0.491. The third-order valence-electron chi connectivity index (χ3n) is 3.31. The highest BCUT2D eigenvalue weighted by Crippen LogP contribution is 2.35. The van der Waals surface area contributed by atoms with E-state index in [-0.39, 0.29) is 18.2 Å². The summed E-state index contributed by atoms with van der Waals surface area (Å²) in [6.45, 7) is 5.24. The maximum Gasteiger partial charge on any atom is 0.248 e. The molecule has 1 atom stereocenters. The molecule has 23 heavy (non-hydrogen) atoms. The molecule has 2 amide bonds. The van der Waals surface area contributed by atoms with Crippen molar-refractivity contribution in [1.82, 2.24) is 5.32 Å². The molecule has 1 fully saturated rings. The Morgan fingerprint density at radius 1 is 1.39 bits per heavy atom. The van der Waals surface area contributed by atoms with E-state index in [0.29, 0.717) is 23.1 Å². The number of rotatable bonds is 5. The first-order chi connectivity index (χ1) is 11.1. The van der Waals surface area contributed by atoms with Gasteiger partial charge in [-0.3, -0.25) is 14.6 Å². The molecule has 0 unspecified atom stereocenters. The highest BCUT2D eigenvalue weighted by Gasteiger charge is 2.41. The number of amides is 2. The molecule has 0 saturated carbocycles. The largest absolute Gasteiger partial charge is 0.495 e. The van der Waals surface area contributed by atoms with E-state index in [1.165, 1.54) is 23.8 Å². The molecule has 1 saturated heterocycles. The number of para-hydroxylation sites is 2. The van der Waals surface area contributed by atoms with Crippen molar-refractivity contribution >= 4 is 34.4 Å². The van der Waals surface area contributed by atoms with Gasteiger partial charge in [-0.05, 0) is 26.0 Å². The average Bonchev–Trinajstić information content (AvgIpc) is 2.82. The molecule has 1 aliphatic heterocycles. The fraction of sp³-hybridized carbons (Fsp3) is 0.438. The minimum absolute atomic E-state index is 0.162. The number of anilines is 1. The molecular formula is C16H21N3O3S. The van der Waals surface area contributed by atoms with Crippen molar-refractivity contribution in [3.63, 3.8) is 0 Å². The van der Waals surface area contributed by atoms with E-state index >= 15 is 0 Å². The van der Waals surface area contributed by atoms with E-state index in [0.717, 1.165) is 6.54 Å². The van der Waals surface area contributed by atoms with Crippen LogP contribution in [0.4, 0.5) is 5.69 Å². The summed E-state index contributed by atoms with van der Waals surface area (Å²) in [6, 6.07) is 7.03. The molecule has 0 radical (unpaired) electrons. The van der Waals surface area contributed by atoms with Gasteiger partial charge in [0.25, 0.3) is 0 Å². The van der Waals surface area contributed by atoms with Crippen LogP contribution in [0.15, 0.2) is 29.3 Å². The van der Waals surface area contributed by atoms with Crippen LogP contribution in [0.25, 0.3) is 0 Å². The Bertz CT molecular complexity index is 618. The molecule has 0 spiro atoms. The molecule has 0 aromatic heterocycles. The van der Waals surface area contributed by atoms with Gasteiger partial charge in [0.05, 0.1) is 12.8 Å². The maximum atomic E-state index is 12.7. The average molecular weight is 335 g/mol. The number of thioether (sulfide) groups is 1. The Morgan fingerprint density at radius 2 is 2.13 bits per heavy atom. The molecule has 0 aliphatic carbocycles. The van der Waals surface area contributed by atoms with Gasteiger partial charge >= 0.3 is 0 Å². The minimum atomic E-state index is -0.461. The fourth-order valence-electron chi connectivity index (χ4n) is 2.33. The lowest BCUT2D eigenvalue weighted by Gasteiger charge is -2.18. The maximum absolute atomic E-state index is 12.7. The number of amidine groups is 1. The zero-order valence-corrected chi connectivity index (χ0v) is 14.4. The van der Waals surface area contributed by atoms with Gasteiger partial charge in [0.2, 0.25) is 11.8 Å². The molecule has 7 heteroatoms. The predicted molar refractivity (Wildman–Crippen MR) is 93.1 cm³/mol. The summed E-state index contributed by atoms with van der Waals surface area (Å²) >= 11 is 1.31. The molecule has 6 nitrogen and oxygen atoms in total. The lowest BCUT2D eigenvalue weighted by molar-refractivity contribution is -0.121. The first kappa shape index (κ1) is 17.3. The van der Waals surface area contributed by atoms with Crippen molar-refractivity contribution < 1.29 is 14.3 Å². The van der Waals surface area contributed by atoms with Gasteiger partial charge in [0.15, 0.2) is 5.17 Å². The molecule has 0 bridgehead atoms. The second kappa shape index (κ2) is 8.01. The van der Waals surface area contributed by atoms with E-state index < -0.39 is 5.25 Å². The first-order valence-corrected chi connectivity index (χ1v) is 8.45. The van der Waals surface area contributed by atoms with Crippen LogP contribution in [-0.4, -0.2) is 42.4 Å². The first-order valence-electron chi connectivity index (χ1n) is 7.57. The van der Waals surface area contributed by atoms with Crippen LogP contribution in [-0.2, 0) is 9.59 Å². The van der Waals surface area contributed by atoms with Crippen molar-refractivity contribution in [2.24, 2.45) is 4.99 Å². The number of nitrogens with one attached hydrogen (secondary N) is 1. The Morgan fingerprint density at radius 3 is 2.78 bits per heavy atom. The van der Waals surface area contributed by atoms with E-state index in [2.05, 4.69) is 10.3 Å². The van der Waals surface area contributed by atoms with Gasteiger partial charge in [-0.15, -0.1) is 0 Å². The molecular weight excluding hydrogens is 314 g/mol. The lowest BCUT2D eigenvalue weighted by atomic mass is 10.2. The number of hydrogen-bond acceptors (Lipinski definition) is 5. The zero-order chi connectivity index (χ0) is 16.8. The van der Waals surface area contributed by atoms with E-state index in [9.17, 15) is 9.59 Å². The Balaban J connectivity index is 2.21. The van der Waals surface area contributed by atoms with Crippen molar-refractivity contribution in [1.29, 1.82) is 0 Å². The van der Waals surface area contributed by atoms with Crippen LogP contribution in [0.3, 0.4) is 0 Å². The highest BCUT2D eigenvalue weighted by atomic mass is 32.2. The monoisotopic (exact) mass is 335 g/mol. The van der Waals surface area contributed by atoms with Crippen molar-refractivity contribution in [3.05, 3.63) is 24.3 Å². The van der Waals surface area contributed by atoms with Gasteiger partial charge in [0, 0.05) is 19.5 Å². The normalized spacial score (nSPS) is 18.5. The van der Waals surface area contributed by atoms with E-state index in [4.69, 9.17) is 4.74 Å². The topological polar surface area (TPSA) is 71.0 Å². The summed E-state index contributed by atoms with van der Waals surface area (Å²) in [6.07, 6.45) is 0.162. The summed E-state index contributed by atoms with van der Waals surface area (Å²) in [7, 11) is 1.52. The number of carbonyl (C=O) groups excluding carboxylic acids is 2. The summed E-state index contributed by atoms with van der Waals surface area (Å²) in [5.74, 6) is 0.0598. The van der Waals surface area contributed by atoms with Gasteiger partial charge in [-0.1, -0.05) is 23.9 Å². The summed E-state index contributed by atoms with van der Waals surface area (Å²) in [5, 5.41) is 3.37. The predicted octanol–water partition coefficient (Wildman–Crippen LogP) is 2.05. The standard InChI is InChI=1S/C16H21N3O3S/c1-4-17-16(18-5-2)23-13-10-14(20)19(15(13)21)11-8-6-7-9-12(11)22-3/h6-9,13H,4-5,10H2,1-3H3,(H,17,18)/t13-/m1/s1. The second-order valence-corrected chi connectivity index (χ2v) is 6.05. The number of carbonyl (C=O) groups is 2. The quantitative estimate of drug-likeness (QED) is 0.506. The molecule has 124 valence electrons. The van der Waals surface area contributed by atoms with E-state index in [1.807, 2.05) is 13.8 Å². The van der Waals surface area contributed by atoms with Gasteiger partial charge in [-0.25, -0.2) is 4.90 Å². The van der Waals surface area contributed by atoms with Crippen LogP contribution < -0.4 is 15.0 Å². The molecule has 1 N–H and O–H groups in total. The molecule has 2 rings (SSSR count). The number of aliphatic imine (C=N–C) groups is 1. The third-order valence-corrected chi connectivity index (χ3v) is 4.46. The number of ether oxygens (including phenoxy) is 1. The van der Waals surface area contributed by atoms with Gasteiger partial charge < -0.3 is 10.1 Å². The fourth-order valence-corrected chi connectivity index (χ4v) is 3.46. The zero-order valence-electron chi connectivity index (χ0n) is 13.5. The van der Waals surface area contributed by atoms with E-state index in [1.54, 1.807) is 24.3 Å². The number of methoxy groups -OCH3 is 1. The van der Waals surface area contributed by atoms with Crippen molar-refractivity contribution in [2.45, 2.75) is 25.5 Å². The lowest BCUT2D eigenvalue weighted by Crippen LogP contribution is -2.32. The van der Waals surface area contributed by atoms with Crippen molar-refractivity contribution in [2.75, 3.05) is 25.1 Å². The smallest absolute Gasteiger partial charge is 0.248 e. The Labute approximate surface area is 140 Å². The highest BCUT2D eigenvalue weighted by molar-refractivity contribution is 8.15. The SMILES string of the molecule is CCN=C(NCC)S[C@@H]1CC(=O)N(c2ccccc2OC)C1=O. The number of imide groups is 1. The number of benzene rings is 1.